The highest BCUT2D eigenvalue weighted by Gasteiger charge is 2.24. The number of nitrogens with zero attached hydrogens (tertiary/aromatic N) is 2. The van der Waals surface area contributed by atoms with Crippen LogP contribution in [0.25, 0.3) is 10.9 Å². The molecule has 1 fully saturated rings. The van der Waals surface area contributed by atoms with Crippen molar-refractivity contribution in [2.24, 2.45) is 10.9 Å². The Hall–Kier alpha value is -2.06. The van der Waals surface area contributed by atoms with Crippen LogP contribution in [0.4, 0.5) is 0 Å². The van der Waals surface area contributed by atoms with E-state index < -0.39 is 10.0 Å². The third kappa shape index (κ3) is 5.73. The lowest BCUT2D eigenvalue weighted by Crippen LogP contribution is -2.40. The molecule has 1 aliphatic heterocycles. The fourth-order valence-corrected chi connectivity index (χ4v) is 4.75. The number of aromatic nitrogens is 1. The number of piperidine rings is 1. The topological polar surface area (TPSA) is 89.6 Å². The van der Waals surface area contributed by atoms with Gasteiger partial charge in [-0.25, -0.2) is 12.7 Å². The number of rotatable bonds is 7. The number of guanidine groups is 1. The summed E-state index contributed by atoms with van der Waals surface area (Å²) in [5, 5.41) is 8.02. The molecule has 0 radical (unpaired) electrons. The predicted molar refractivity (Wildman–Crippen MR) is 120 cm³/mol. The summed E-state index contributed by atoms with van der Waals surface area (Å²) < 4.78 is 24.8. The summed E-state index contributed by atoms with van der Waals surface area (Å²) in [6, 6.07) is 6.39. The van der Waals surface area contributed by atoms with Gasteiger partial charge in [0.1, 0.15) is 0 Å². The molecule has 2 aromatic rings. The van der Waals surface area contributed by atoms with Gasteiger partial charge in [-0.2, -0.15) is 0 Å². The van der Waals surface area contributed by atoms with Gasteiger partial charge < -0.3 is 15.6 Å². The maximum absolute atomic E-state index is 11.6. The van der Waals surface area contributed by atoms with Gasteiger partial charge in [-0.3, -0.25) is 4.99 Å². The molecule has 0 aliphatic carbocycles. The van der Waals surface area contributed by atoms with Gasteiger partial charge in [0.05, 0.1) is 6.26 Å². The Kier molecular flexibility index (Phi) is 7.18. The van der Waals surface area contributed by atoms with Crippen LogP contribution in [-0.2, 0) is 16.4 Å². The zero-order chi connectivity index (χ0) is 20.9. The predicted octanol–water partition coefficient (Wildman–Crippen LogP) is 2.25. The molecule has 0 unspecified atom stereocenters. The number of hydrogen-bond donors (Lipinski definition) is 3. The quantitative estimate of drug-likeness (QED) is 0.474. The summed E-state index contributed by atoms with van der Waals surface area (Å²) in [7, 11) is -3.07. The van der Waals surface area contributed by atoms with E-state index in [4.69, 9.17) is 4.99 Å². The van der Waals surface area contributed by atoms with Crippen molar-refractivity contribution in [3.63, 3.8) is 0 Å². The van der Waals surface area contributed by atoms with E-state index in [2.05, 4.69) is 53.9 Å². The van der Waals surface area contributed by atoms with Gasteiger partial charge in [0.15, 0.2) is 5.96 Å². The third-order valence-electron chi connectivity index (χ3n) is 5.59. The summed E-state index contributed by atoms with van der Waals surface area (Å²) in [6.45, 7) is 7.72. The van der Waals surface area contributed by atoms with E-state index in [1.165, 1.54) is 28.3 Å². The average molecular weight is 420 g/mol. The molecule has 1 aromatic carbocycles. The number of hydrogen-bond acceptors (Lipinski definition) is 3. The summed E-state index contributed by atoms with van der Waals surface area (Å²) in [5.41, 5.74) is 3.78. The van der Waals surface area contributed by atoms with E-state index in [0.717, 1.165) is 44.9 Å². The Balaban J connectivity index is 1.51. The first-order valence-corrected chi connectivity index (χ1v) is 12.3. The van der Waals surface area contributed by atoms with Crippen molar-refractivity contribution in [2.75, 3.05) is 39.0 Å². The lowest BCUT2D eigenvalue weighted by atomic mass is 9.98. The van der Waals surface area contributed by atoms with Crippen LogP contribution in [0.5, 0.6) is 0 Å². The molecule has 0 spiro atoms. The zero-order valence-electron chi connectivity index (χ0n) is 17.7. The van der Waals surface area contributed by atoms with Gasteiger partial charge in [-0.1, -0.05) is 18.2 Å². The molecule has 1 saturated heterocycles. The highest BCUT2D eigenvalue weighted by Crippen LogP contribution is 2.21. The summed E-state index contributed by atoms with van der Waals surface area (Å²) in [4.78, 5) is 8.12. The smallest absolute Gasteiger partial charge is 0.211 e. The second-order valence-corrected chi connectivity index (χ2v) is 9.80. The standard InChI is InChI=1S/C21H33N5O2S/c1-4-22-21(25-14-17-9-12-26(13-10-17)29(3,27)28)23-11-8-18-15-24-20-16(2)6-5-7-19(18)20/h5-7,15,17,24H,4,8-14H2,1-3H3,(H2,22,23,25). The molecule has 29 heavy (non-hydrogen) atoms. The molecule has 1 aromatic heterocycles. The number of aromatic amines is 1. The van der Waals surface area contributed by atoms with Gasteiger partial charge in [0, 0.05) is 49.8 Å². The zero-order valence-corrected chi connectivity index (χ0v) is 18.5. The number of para-hydroxylation sites is 1. The molecule has 160 valence electrons. The van der Waals surface area contributed by atoms with Crippen LogP contribution in [0, 0.1) is 12.8 Å². The van der Waals surface area contributed by atoms with Crippen LogP contribution >= 0.6 is 0 Å². The molecule has 3 rings (SSSR count). The fourth-order valence-electron chi connectivity index (χ4n) is 3.87. The van der Waals surface area contributed by atoms with E-state index >= 15 is 0 Å². The number of nitrogens with one attached hydrogen (secondary N) is 3. The molecule has 0 saturated carbocycles. The molecule has 0 atom stereocenters. The number of fused-ring (bicyclic) bond motifs is 1. The minimum atomic E-state index is -3.07. The lowest BCUT2D eigenvalue weighted by molar-refractivity contribution is 0.280. The van der Waals surface area contributed by atoms with Crippen molar-refractivity contribution >= 4 is 26.9 Å². The number of aliphatic imine (C=N–C) groups is 1. The molecule has 0 amide bonds. The van der Waals surface area contributed by atoms with Crippen molar-refractivity contribution in [2.45, 2.75) is 33.1 Å². The van der Waals surface area contributed by atoms with Gasteiger partial charge >= 0.3 is 0 Å². The van der Waals surface area contributed by atoms with E-state index in [-0.39, 0.29) is 0 Å². The van der Waals surface area contributed by atoms with E-state index in [1.807, 2.05) is 0 Å². The van der Waals surface area contributed by atoms with Crippen LogP contribution in [0.1, 0.15) is 30.9 Å². The molecule has 7 nitrogen and oxygen atoms in total. The Labute approximate surface area is 174 Å². The molecular weight excluding hydrogens is 386 g/mol. The van der Waals surface area contributed by atoms with E-state index in [0.29, 0.717) is 19.0 Å². The van der Waals surface area contributed by atoms with Crippen molar-refractivity contribution in [1.29, 1.82) is 0 Å². The molecule has 3 N–H and O–H groups in total. The maximum atomic E-state index is 11.6. The Morgan fingerprint density at radius 2 is 2.03 bits per heavy atom. The highest BCUT2D eigenvalue weighted by molar-refractivity contribution is 7.88. The van der Waals surface area contributed by atoms with Gasteiger partial charge in [0.2, 0.25) is 10.0 Å². The van der Waals surface area contributed by atoms with Crippen molar-refractivity contribution in [1.82, 2.24) is 19.9 Å². The monoisotopic (exact) mass is 419 g/mol. The van der Waals surface area contributed by atoms with Crippen molar-refractivity contribution < 1.29 is 8.42 Å². The van der Waals surface area contributed by atoms with E-state index in [9.17, 15) is 8.42 Å². The van der Waals surface area contributed by atoms with Crippen LogP contribution in [0.2, 0.25) is 0 Å². The van der Waals surface area contributed by atoms with Gasteiger partial charge in [-0.15, -0.1) is 0 Å². The molecule has 0 bridgehead atoms. The molecular formula is C21H33N5O2S. The number of H-pyrrole nitrogens is 1. The SMILES string of the molecule is CCNC(=NCC1CCN(S(C)(=O)=O)CC1)NCCc1c[nH]c2c(C)cccc12. The Morgan fingerprint density at radius 3 is 2.72 bits per heavy atom. The Morgan fingerprint density at radius 1 is 1.28 bits per heavy atom. The first-order chi connectivity index (χ1) is 13.9. The summed E-state index contributed by atoms with van der Waals surface area (Å²) in [6.07, 6.45) is 6.03. The van der Waals surface area contributed by atoms with Crippen LogP contribution < -0.4 is 10.6 Å². The highest BCUT2D eigenvalue weighted by atomic mass is 32.2. The Bertz CT molecular complexity index is 943. The van der Waals surface area contributed by atoms with Gasteiger partial charge in [0.25, 0.3) is 0 Å². The molecule has 8 heteroatoms. The normalized spacial score (nSPS) is 17.0. The number of benzene rings is 1. The van der Waals surface area contributed by atoms with Crippen LogP contribution in [-0.4, -0.2) is 62.6 Å². The second kappa shape index (κ2) is 9.63. The summed E-state index contributed by atoms with van der Waals surface area (Å²) in [5.74, 6) is 1.26. The number of sulfonamides is 1. The third-order valence-corrected chi connectivity index (χ3v) is 6.89. The average Bonchev–Trinajstić information content (AvgIpc) is 3.10. The van der Waals surface area contributed by atoms with Crippen LogP contribution in [0.3, 0.4) is 0 Å². The van der Waals surface area contributed by atoms with Gasteiger partial charge in [-0.05, 0) is 50.2 Å². The maximum Gasteiger partial charge on any atom is 0.211 e. The van der Waals surface area contributed by atoms with Crippen molar-refractivity contribution in [3.8, 4) is 0 Å². The largest absolute Gasteiger partial charge is 0.361 e. The fraction of sp³-hybridized carbons (Fsp3) is 0.571. The van der Waals surface area contributed by atoms with Crippen molar-refractivity contribution in [3.05, 3.63) is 35.5 Å². The minimum absolute atomic E-state index is 0.431. The molecule has 2 heterocycles. The molecule has 1 aliphatic rings. The second-order valence-electron chi connectivity index (χ2n) is 7.81. The minimum Gasteiger partial charge on any atom is -0.361 e. The summed E-state index contributed by atoms with van der Waals surface area (Å²) >= 11 is 0. The first-order valence-electron chi connectivity index (χ1n) is 10.4. The first kappa shape index (κ1) is 21.6. The van der Waals surface area contributed by atoms with E-state index in [1.54, 1.807) is 4.31 Å². The van der Waals surface area contributed by atoms with Crippen LogP contribution in [0.15, 0.2) is 29.4 Å². The number of aryl methyl sites for hydroxylation is 1. The lowest BCUT2D eigenvalue weighted by Gasteiger charge is -2.29.